The van der Waals surface area contributed by atoms with Gasteiger partial charge in [-0.15, -0.1) is 0 Å². The van der Waals surface area contributed by atoms with Crippen molar-refractivity contribution in [3.8, 4) is 22.3 Å². The standard InChI is InChI=1S/C28H30N2/c1-17-8-10-26(19(3)12-17)22-13-23(16-25(30)15-22)27-11-9-18(2)28(20(27)4)21-6-5-7-24(29)14-21/h5-7,9-17H,8,29-30H2,1-4H3. The highest BCUT2D eigenvalue weighted by atomic mass is 14.5. The molecule has 3 aromatic rings. The van der Waals surface area contributed by atoms with Crippen LogP contribution in [0.3, 0.4) is 0 Å². The third kappa shape index (κ3) is 3.78. The predicted molar refractivity (Wildman–Crippen MR) is 131 cm³/mol. The molecule has 0 radical (unpaired) electrons. The van der Waals surface area contributed by atoms with E-state index in [4.69, 9.17) is 11.5 Å². The smallest absolute Gasteiger partial charge is 0.0326 e. The minimum absolute atomic E-state index is 0.592. The van der Waals surface area contributed by atoms with Crippen molar-refractivity contribution >= 4 is 16.9 Å². The zero-order valence-electron chi connectivity index (χ0n) is 18.3. The molecule has 3 aromatic carbocycles. The van der Waals surface area contributed by atoms with Gasteiger partial charge >= 0.3 is 0 Å². The van der Waals surface area contributed by atoms with Crippen LogP contribution in [0.15, 0.2) is 72.3 Å². The lowest BCUT2D eigenvalue weighted by molar-refractivity contribution is 0.732. The molecular formula is C28H30N2. The molecule has 4 rings (SSSR count). The van der Waals surface area contributed by atoms with Gasteiger partial charge in [0.05, 0.1) is 0 Å². The van der Waals surface area contributed by atoms with Crippen molar-refractivity contribution in [1.82, 2.24) is 0 Å². The van der Waals surface area contributed by atoms with Gasteiger partial charge in [0.2, 0.25) is 0 Å². The van der Waals surface area contributed by atoms with Crippen molar-refractivity contribution in [3.05, 3.63) is 89.0 Å². The lowest BCUT2D eigenvalue weighted by Crippen LogP contribution is -2.00. The Bertz CT molecular complexity index is 1180. The van der Waals surface area contributed by atoms with Gasteiger partial charge in [0.25, 0.3) is 0 Å². The highest BCUT2D eigenvalue weighted by molar-refractivity contribution is 5.87. The van der Waals surface area contributed by atoms with Crippen molar-refractivity contribution in [3.63, 3.8) is 0 Å². The van der Waals surface area contributed by atoms with Crippen molar-refractivity contribution in [2.45, 2.75) is 34.1 Å². The Morgan fingerprint density at radius 1 is 0.800 bits per heavy atom. The van der Waals surface area contributed by atoms with E-state index in [1.54, 1.807) is 0 Å². The third-order valence-electron chi connectivity index (χ3n) is 6.08. The van der Waals surface area contributed by atoms with Crippen LogP contribution in [0.5, 0.6) is 0 Å². The summed E-state index contributed by atoms with van der Waals surface area (Å²) in [5.74, 6) is 0.592. The van der Waals surface area contributed by atoms with E-state index in [1.165, 1.54) is 39.0 Å². The Hall–Kier alpha value is -3.26. The number of hydrogen-bond acceptors (Lipinski definition) is 2. The molecule has 2 nitrogen and oxygen atoms in total. The SMILES string of the molecule is CC1=CC(C)CC=C1c1cc(N)cc(-c2ccc(C)c(-c3cccc(N)c3)c2C)c1. The molecule has 0 fully saturated rings. The first kappa shape index (κ1) is 20.0. The van der Waals surface area contributed by atoms with Gasteiger partial charge in [-0.25, -0.2) is 0 Å². The molecule has 0 spiro atoms. The first-order chi connectivity index (χ1) is 14.3. The van der Waals surface area contributed by atoms with Crippen LogP contribution >= 0.6 is 0 Å². The maximum atomic E-state index is 6.36. The predicted octanol–water partition coefficient (Wildman–Crippen LogP) is 7.17. The summed E-state index contributed by atoms with van der Waals surface area (Å²) in [5, 5.41) is 0. The molecule has 1 aliphatic rings. The average molecular weight is 395 g/mol. The second-order valence-electron chi connectivity index (χ2n) is 8.58. The van der Waals surface area contributed by atoms with Crippen LogP contribution < -0.4 is 11.5 Å². The van der Waals surface area contributed by atoms with E-state index in [-0.39, 0.29) is 0 Å². The molecule has 0 bridgehead atoms. The van der Waals surface area contributed by atoms with E-state index in [9.17, 15) is 0 Å². The summed E-state index contributed by atoms with van der Waals surface area (Å²) in [5.41, 5.74) is 25.0. The second-order valence-corrected chi connectivity index (χ2v) is 8.58. The molecule has 1 atom stereocenters. The minimum atomic E-state index is 0.592. The van der Waals surface area contributed by atoms with E-state index in [1.807, 2.05) is 18.2 Å². The monoisotopic (exact) mass is 394 g/mol. The second kappa shape index (κ2) is 7.87. The molecule has 0 aliphatic heterocycles. The van der Waals surface area contributed by atoms with Crippen molar-refractivity contribution in [1.29, 1.82) is 0 Å². The van der Waals surface area contributed by atoms with Gasteiger partial charge in [-0.2, -0.15) is 0 Å². The Morgan fingerprint density at radius 2 is 1.53 bits per heavy atom. The van der Waals surface area contributed by atoms with E-state index in [0.29, 0.717) is 5.92 Å². The lowest BCUT2D eigenvalue weighted by atomic mass is 9.85. The van der Waals surface area contributed by atoms with Crippen LogP contribution in [-0.4, -0.2) is 0 Å². The topological polar surface area (TPSA) is 52.0 Å². The van der Waals surface area contributed by atoms with Crippen molar-refractivity contribution in [2.24, 2.45) is 5.92 Å². The van der Waals surface area contributed by atoms with Crippen molar-refractivity contribution < 1.29 is 0 Å². The molecule has 1 aliphatic carbocycles. The Morgan fingerprint density at radius 3 is 2.27 bits per heavy atom. The number of rotatable bonds is 3. The minimum Gasteiger partial charge on any atom is -0.399 e. The van der Waals surface area contributed by atoms with Crippen LogP contribution in [0, 0.1) is 19.8 Å². The van der Waals surface area contributed by atoms with Gasteiger partial charge in [0, 0.05) is 11.4 Å². The Labute approximate surface area is 179 Å². The molecule has 0 saturated carbocycles. The van der Waals surface area contributed by atoms with Gasteiger partial charge in [0.1, 0.15) is 0 Å². The highest BCUT2D eigenvalue weighted by Gasteiger charge is 2.15. The summed E-state index contributed by atoms with van der Waals surface area (Å²) in [6, 6.07) is 19.0. The fourth-order valence-corrected chi connectivity index (χ4v) is 4.66. The molecule has 152 valence electrons. The third-order valence-corrected chi connectivity index (χ3v) is 6.08. The van der Waals surface area contributed by atoms with E-state index < -0.39 is 0 Å². The molecule has 30 heavy (non-hydrogen) atoms. The Balaban J connectivity index is 1.85. The van der Waals surface area contributed by atoms with Gasteiger partial charge in [-0.05, 0) is 114 Å². The van der Waals surface area contributed by atoms with Crippen LogP contribution in [0.1, 0.15) is 37.0 Å². The number of nitrogens with two attached hydrogens (primary N) is 2. The van der Waals surface area contributed by atoms with E-state index in [0.717, 1.165) is 28.9 Å². The summed E-state index contributed by atoms with van der Waals surface area (Å²) < 4.78 is 0. The largest absolute Gasteiger partial charge is 0.399 e. The summed E-state index contributed by atoms with van der Waals surface area (Å²) in [6.07, 6.45) is 5.77. The van der Waals surface area contributed by atoms with Crippen LogP contribution in [0.25, 0.3) is 27.8 Å². The molecule has 4 N–H and O–H groups in total. The number of aryl methyl sites for hydroxylation is 1. The van der Waals surface area contributed by atoms with Crippen LogP contribution in [0.4, 0.5) is 11.4 Å². The maximum Gasteiger partial charge on any atom is 0.0326 e. The fraction of sp³-hybridized carbons (Fsp3) is 0.214. The lowest BCUT2D eigenvalue weighted by Gasteiger charge is -2.20. The summed E-state index contributed by atoms with van der Waals surface area (Å²) in [4.78, 5) is 0. The first-order valence-electron chi connectivity index (χ1n) is 10.6. The number of anilines is 2. The van der Waals surface area contributed by atoms with Crippen LogP contribution in [0.2, 0.25) is 0 Å². The average Bonchev–Trinajstić information content (AvgIpc) is 2.67. The fourth-order valence-electron chi connectivity index (χ4n) is 4.66. The molecule has 1 unspecified atom stereocenters. The quantitative estimate of drug-likeness (QED) is 0.463. The van der Waals surface area contributed by atoms with Gasteiger partial charge in [-0.3, -0.25) is 0 Å². The van der Waals surface area contributed by atoms with E-state index >= 15 is 0 Å². The van der Waals surface area contributed by atoms with Gasteiger partial charge in [0.15, 0.2) is 0 Å². The molecule has 2 heteroatoms. The summed E-state index contributed by atoms with van der Waals surface area (Å²) in [7, 11) is 0. The summed E-state index contributed by atoms with van der Waals surface area (Å²) in [6.45, 7) is 8.80. The van der Waals surface area contributed by atoms with E-state index in [2.05, 4.69) is 76.2 Å². The van der Waals surface area contributed by atoms with Gasteiger partial charge in [-0.1, -0.05) is 43.3 Å². The number of hydrogen-bond donors (Lipinski definition) is 2. The molecule has 0 saturated heterocycles. The van der Waals surface area contributed by atoms with Crippen LogP contribution in [-0.2, 0) is 0 Å². The number of allylic oxidation sites excluding steroid dienone is 4. The molecule has 0 aromatic heterocycles. The van der Waals surface area contributed by atoms with Crippen molar-refractivity contribution in [2.75, 3.05) is 11.5 Å². The molecular weight excluding hydrogens is 364 g/mol. The first-order valence-corrected chi connectivity index (χ1v) is 10.6. The molecule has 0 heterocycles. The number of benzene rings is 3. The zero-order chi connectivity index (χ0) is 21.4. The zero-order valence-corrected chi connectivity index (χ0v) is 18.3. The maximum absolute atomic E-state index is 6.36. The Kier molecular flexibility index (Phi) is 5.26. The molecule has 0 amide bonds. The number of nitrogen functional groups attached to an aromatic ring is 2. The van der Waals surface area contributed by atoms with Gasteiger partial charge < -0.3 is 11.5 Å². The highest BCUT2D eigenvalue weighted by Crippen LogP contribution is 2.38. The normalized spacial score (nSPS) is 16.2. The summed E-state index contributed by atoms with van der Waals surface area (Å²) >= 11 is 0.